The smallest absolute Gasteiger partial charge is 0.276 e. The van der Waals surface area contributed by atoms with E-state index in [1.165, 1.54) is 17.3 Å². The quantitative estimate of drug-likeness (QED) is 0.347. The number of benzene rings is 2. The van der Waals surface area contributed by atoms with Crippen LogP contribution in [0.25, 0.3) is 0 Å². The number of halogens is 1. The van der Waals surface area contributed by atoms with Gasteiger partial charge in [0.1, 0.15) is 11.5 Å². The molecule has 3 rings (SSSR count). The second-order valence-corrected chi connectivity index (χ2v) is 7.51. The van der Waals surface area contributed by atoms with Crippen molar-refractivity contribution in [3.63, 3.8) is 0 Å². The molecule has 2 aromatic carbocycles. The van der Waals surface area contributed by atoms with Crippen LogP contribution in [0.3, 0.4) is 0 Å². The zero-order chi connectivity index (χ0) is 19.1. The van der Waals surface area contributed by atoms with Gasteiger partial charge in [0.15, 0.2) is 6.61 Å². The van der Waals surface area contributed by atoms with E-state index in [1.807, 2.05) is 0 Å². The van der Waals surface area contributed by atoms with Crippen LogP contribution in [0.4, 0.5) is 0 Å². The lowest BCUT2D eigenvalue weighted by molar-refractivity contribution is 0.252. The van der Waals surface area contributed by atoms with E-state index in [-0.39, 0.29) is 6.61 Å². The SMILES string of the molecule is Cc1ccc(C)c(OCCCSc2nnc(COc3ccc(Cl)cc3)o2)c1. The number of hydrogen-bond acceptors (Lipinski definition) is 6. The average Bonchev–Trinajstić information content (AvgIpc) is 3.11. The molecule has 0 aliphatic carbocycles. The van der Waals surface area contributed by atoms with Crippen LogP contribution < -0.4 is 9.47 Å². The monoisotopic (exact) mass is 404 g/mol. The third-order valence-electron chi connectivity index (χ3n) is 3.74. The summed E-state index contributed by atoms with van der Waals surface area (Å²) in [6, 6.07) is 13.4. The average molecular weight is 405 g/mol. The van der Waals surface area contributed by atoms with Crippen LogP contribution in [-0.4, -0.2) is 22.6 Å². The molecule has 0 fully saturated rings. The molecule has 0 aliphatic heterocycles. The third-order valence-corrected chi connectivity index (χ3v) is 4.90. The Balaban J connectivity index is 1.37. The molecule has 0 saturated carbocycles. The highest BCUT2D eigenvalue weighted by molar-refractivity contribution is 7.99. The highest BCUT2D eigenvalue weighted by atomic mass is 35.5. The molecule has 27 heavy (non-hydrogen) atoms. The number of hydrogen-bond donors (Lipinski definition) is 0. The molecule has 0 saturated heterocycles. The summed E-state index contributed by atoms with van der Waals surface area (Å²) in [7, 11) is 0. The highest BCUT2D eigenvalue weighted by Gasteiger charge is 2.08. The third kappa shape index (κ3) is 6.19. The Morgan fingerprint density at radius 1 is 1.04 bits per heavy atom. The Kier molecular flexibility index (Phi) is 7.01. The van der Waals surface area contributed by atoms with Crippen molar-refractivity contribution < 1.29 is 13.9 Å². The molecule has 0 amide bonds. The zero-order valence-corrected chi connectivity index (χ0v) is 16.8. The molecule has 1 heterocycles. The summed E-state index contributed by atoms with van der Waals surface area (Å²) in [6.07, 6.45) is 0.886. The molecule has 0 unspecified atom stereocenters. The summed E-state index contributed by atoms with van der Waals surface area (Å²) in [5, 5.41) is 9.23. The Morgan fingerprint density at radius 3 is 2.67 bits per heavy atom. The van der Waals surface area contributed by atoms with Crippen LogP contribution in [0.15, 0.2) is 52.1 Å². The second kappa shape index (κ2) is 9.67. The van der Waals surface area contributed by atoms with E-state index in [9.17, 15) is 0 Å². The summed E-state index contributed by atoms with van der Waals surface area (Å²) in [6.45, 7) is 4.99. The van der Waals surface area contributed by atoms with Gasteiger partial charge in [-0.05, 0) is 61.7 Å². The van der Waals surface area contributed by atoms with Crippen LogP contribution in [0.1, 0.15) is 23.4 Å². The van der Waals surface area contributed by atoms with Crippen molar-refractivity contribution in [3.05, 3.63) is 64.5 Å². The lowest BCUT2D eigenvalue weighted by Gasteiger charge is -2.09. The molecule has 0 aliphatic rings. The van der Waals surface area contributed by atoms with E-state index >= 15 is 0 Å². The first kappa shape index (κ1) is 19.6. The fourth-order valence-electron chi connectivity index (χ4n) is 2.29. The molecule has 1 aromatic heterocycles. The first-order chi connectivity index (χ1) is 13.1. The van der Waals surface area contributed by atoms with E-state index in [4.69, 9.17) is 25.5 Å². The number of rotatable bonds is 9. The second-order valence-electron chi connectivity index (χ2n) is 6.02. The van der Waals surface area contributed by atoms with E-state index < -0.39 is 0 Å². The summed E-state index contributed by atoms with van der Waals surface area (Å²) in [5.41, 5.74) is 2.35. The summed E-state index contributed by atoms with van der Waals surface area (Å²) in [5.74, 6) is 2.93. The Bertz CT molecular complexity index is 868. The Morgan fingerprint density at radius 2 is 1.85 bits per heavy atom. The molecular formula is C20H21ClN2O3S. The van der Waals surface area contributed by atoms with E-state index in [1.54, 1.807) is 24.3 Å². The minimum Gasteiger partial charge on any atom is -0.493 e. The molecule has 0 bridgehead atoms. The minimum absolute atomic E-state index is 0.227. The van der Waals surface area contributed by atoms with Crippen LogP contribution >= 0.6 is 23.4 Å². The predicted octanol–water partition coefficient (Wildman–Crippen LogP) is 5.48. The van der Waals surface area contributed by atoms with Gasteiger partial charge in [-0.1, -0.05) is 35.5 Å². The van der Waals surface area contributed by atoms with Crippen LogP contribution in [0.5, 0.6) is 11.5 Å². The van der Waals surface area contributed by atoms with E-state index in [0.717, 1.165) is 23.5 Å². The highest BCUT2D eigenvalue weighted by Crippen LogP contribution is 2.21. The first-order valence-corrected chi connectivity index (χ1v) is 10.00. The fourth-order valence-corrected chi connectivity index (χ4v) is 3.11. The molecule has 0 radical (unpaired) electrons. The van der Waals surface area contributed by atoms with E-state index in [2.05, 4.69) is 42.2 Å². The lowest BCUT2D eigenvalue weighted by atomic mass is 10.1. The maximum Gasteiger partial charge on any atom is 0.276 e. The standard InChI is InChI=1S/C20H21ClN2O3S/c1-14-4-5-15(2)18(12-14)24-10-3-11-27-20-23-22-19(26-20)13-25-17-8-6-16(21)7-9-17/h4-9,12H,3,10-11,13H2,1-2H3. The van der Waals surface area contributed by atoms with Crippen molar-refractivity contribution in [3.8, 4) is 11.5 Å². The van der Waals surface area contributed by atoms with Gasteiger partial charge in [-0.25, -0.2) is 0 Å². The summed E-state index contributed by atoms with van der Waals surface area (Å²) >= 11 is 7.36. The van der Waals surface area contributed by atoms with Gasteiger partial charge in [-0.2, -0.15) is 0 Å². The molecule has 7 heteroatoms. The molecular weight excluding hydrogens is 384 g/mol. The number of ether oxygens (including phenoxy) is 2. The largest absolute Gasteiger partial charge is 0.493 e. The lowest BCUT2D eigenvalue weighted by Crippen LogP contribution is -2.00. The van der Waals surface area contributed by atoms with Gasteiger partial charge in [0.25, 0.3) is 11.1 Å². The molecule has 0 atom stereocenters. The van der Waals surface area contributed by atoms with Crippen molar-refractivity contribution >= 4 is 23.4 Å². The van der Waals surface area contributed by atoms with Gasteiger partial charge >= 0.3 is 0 Å². The normalized spacial score (nSPS) is 10.8. The van der Waals surface area contributed by atoms with Crippen molar-refractivity contribution in [2.24, 2.45) is 0 Å². The Labute approximate surface area is 168 Å². The van der Waals surface area contributed by atoms with E-state index in [0.29, 0.717) is 28.5 Å². The zero-order valence-electron chi connectivity index (χ0n) is 15.3. The fraction of sp³-hybridized carbons (Fsp3) is 0.300. The van der Waals surface area contributed by atoms with Gasteiger partial charge < -0.3 is 13.9 Å². The number of aryl methyl sites for hydroxylation is 2. The predicted molar refractivity (Wildman–Crippen MR) is 107 cm³/mol. The van der Waals surface area contributed by atoms with Crippen molar-refractivity contribution in [2.75, 3.05) is 12.4 Å². The van der Waals surface area contributed by atoms with Crippen molar-refractivity contribution in [2.45, 2.75) is 32.1 Å². The molecule has 0 N–H and O–H groups in total. The van der Waals surface area contributed by atoms with Crippen LogP contribution in [0, 0.1) is 13.8 Å². The maximum absolute atomic E-state index is 5.85. The van der Waals surface area contributed by atoms with Gasteiger partial charge in [-0.15, -0.1) is 10.2 Å². The van der Waals surface area contributed by atoms with Crippen LogP contribution in [-0.2, 0) is 6.61 Å². The van der Waals surface area contributed by atoms with Gasteiger partial charge in [0.05, 0.1) is 6.61 Å². The van der Waals surface area contributed by atoms with Crippen LogP contribution in [0.2, 0.25) is 5.02 Å². The molecule has 142 valence electrons. The van der Waals surface area contributed by atoms with Crippen molar-refractivity contribution in [1.82, 2.24) is 10.2 Å². The Hall–Kier alpha value is -2.18. The van der Waals surface area contributed by atoms with Gasteiger partial charge in [0, 0.05) is 10.8 Å². The van der Waals surface area contributed by atoms with Gasteiger partial charge in [-0.3, -0.25) is 0 Å². The maximum atomic E-state index is 5.85. The number of nitrogens with zero attached hydrogens (tertiary/aromatic N) is 2. The summed E-state index contributed by atoms with van der Waals surface area (Å²) < 4.78 is 17.0. The first-order valence-electron chi connectivity index (χ1n) is 8.64. The van der Waals surface area contributed by atoms with Gasteiger partial charge in [0.2, 0.25) is 0 Å². The van der Waals surface area contributed by atoms with Crippen molar-refractivity contribution in [1.29, 1.82) is 0 Å². The summed E-state index contributed by atoms with van der Waals surface area (Å²) in [4.78, 5) is 0. The number of thioether (sulfide) groups is 1. The minimum atomic E-state index is 0.227. The molecule has 0 spiro atoms. The topological polar surface area (TPSA) is 57.4 Å². The molecule has 5 nitrogen and oxygen atoms in total. The number of aromatic nitrogens is 2. The molecule has 3 aromatic rings.